The van der Waals surface area contributed by atoms with Crippen LogP contribution >= 0.6 is 0 Å². The van der Waals surface area contributed by atoms with E-state index in [1.54, 1.807) is 0 Å². The summed E-state index contributed by atoms with van der Waals surface area (Å²) in [6, 6.07) is 6.75. The standard InChI is InChI=1S/C18H24N2O2/c21-18(15-7-6-13-3-1-4-14(13)9-15)19-10-17-11-20-8-2-5-16(20)12-22-17/h6-7,9,16-17H,1-5,8,10-12H2,(H,19,21)/t16-,17+/m1/s1. The highest BCUT2D eigenvalue weighted by atomic mass is 16.5. The van der Waals surface area contributed by atoms with Gasteiger partial charge in [0.1, 0.15) is 0 Å². The van der Waals surface area contributed by atoms with Crippen LogP contribution in [-0.4, -0.2) is 49.2 Å². The number of amides is 1. The second-order valence-electron chi connectivity index (χ2n) is 6.79. The molecule has 22 heavy (non-hydrogen) atoms. The van der Waals surface area contributed by atoms with Crippen molar-refractivity contribution in [3.63, 3.8) is 0 Å². The zero-order valence-electron chi connectivity index (χ0n) is 13.0. The minimum Gasteiger partial charge on any atom is -0.373 e. The first kappa shape index (κ1) is 14.2. The van der Waals surface area contributed by atoms with Crippen LogP contribution in [-0.2, 0) is 17.6 Å². The van der Waals surface area contributed by atoms with Gasteiger partial charge in [-0.25, -0.2) is 0 Å². The molecule has 4 rings (SSSR count). The molecule has 4 nitrogen and oxygen atoms in total. The van der Waals surface area contributed by atoms with Gasteiger partial charge in [0.05, 0.1) is 12.7 Å². The number of ether oxygens (including phenoxy) is 1. The van der Waals surface area contributed by atoms with Gasteiger partial charge in [0.2, 0.25) is 0 Å². The maximum Gasteiger partial charge on any atom is 0.251 e. The molecule has 2 saturated heterocycles. The molecule has 0 spiro atoms. The van der Waals surface area contributed by atoms with Crippen molar-refractivity contribution >= 4 is 5.91 Å². The minimum atomic E-state index is 0.0295. The minimum absolute atomic E-state index is 0.0295. The van der Waals surface area contributed by atoms with E-state index in [-0.39, 0.29) is 12.0 Å². The summed E-state index contributed by atoms with van der Waals surface area (Å²) < 4.78 is 5.90. The van der Waals surface area contributed by atoms with Crippen molar-refractivity contribution in [2.24, 2.45) is 0 Å². The van der Waals surface area contributed by atoms with E-state index in [1.165, 1.54) is 36.9 Å². The molecule has 2 aliphatic heterocycles. The summed E-state index contributed by atoms with van der Waals surface area (Å²) in [7, 11) is 0. The summed E-state index contributed by atoms with van der Waals surface area (Å²) in [6.45, 7) is 3.57. The lowest BCUT2D eigenvalue weighted by atomic mass is 10.1. The number of rotatable bonds is 3. The number of nitrogens with one attached hydrogen (secondary N) is 1. The van der Waals surface area contributed by atoms with Crippen molar-refractivity contribution in [1.82, 2.24) is 10.2 Å². The SMILES string of the molecule is O=C(NC[C@H]1CN2CCC[C@@H]2CO1)c1ccc2c(c1)CCC2. The van der Waals surface area contributed by atoms with E-state index in [2.05, 4.69) is 22.3 Å². The molecule has 0 bridgehead atoms. The van der Waals surface area contributed by atoms with Crippen LogP contribution in [0.2, 0.25) is 0 Å². The third-order valence-electron chi connectivity index (χ3n) is 5.31. The zero-order valence-corrected chi connectivity index (χ0v) is 13.0. The molecule has 0 aromatic heterocycles. The summed E-state index contributed by atoms with van der Waals surface area (Å²) >= 11 is 0. The van der Waals surface area contributed by atoms with Crippen molar-refractivity contribution < 1.29 is 9.53 Å². The Morgan fingerprint density at radius 1 is 1.27 bits per heavy atom. The summed E-state index contributed by atoms with van der Waals surface area (Å²) in [5.74, 6) is 0.0295. The Morgan fingerprint density at radius 3 is 3.14 bits per heavy atom. The van der Waals surface area contributed by atoms with E-state index in [4.69, 9.17) is 4.74 Å². The molecule has 1 amide bonds. The van der Waals surface area contributed by atoms with Crippen molar-refractivity contribution in [1.29, 1.82) is 0 Å². The second-order valence-corrected chi connectivity index (χ2v) is 6.79. The molecule has 0 unspecified atom stereocenters. The van der Waals surface area contributed by atoms with Crippen LogP contribution in [0, 0.1) is 0 Å². The molecule has 1 aromatic carbocycles. The lowest BCUT2D eigenvalue weighted by Gasteiger charge is -2.35. The highest BCUT2D eigenvalue weighted by Crippen LogP contribution is 2.23. The number of nitrogens with zero attached hydrogens (tertiary/aromatic N) is 1. The molecule has 1 aliphatic carbocycles. The highest BCUT2D eigenvalue weighted by Gasteiger charge is 2.32. The number of fused-ring (bicyclic) bond motifs is 2. The maximum absolute atomic E-state index is 12.3. The number of hydrogen-bond acceptors (Lipinski definition) is 3. The third-order valence-corrected chi connectivity index (χ3v) is 5.31. The van der Waals surface area contributed by atoms with Crippen LogP contribution in [0.1, 0.15) is 40.7 Å². The lowest BCUT2D eigenvalue weighted by Crippen LogP contribution is -2.50. The summed E-state index contributed by atoms with van der Waals surface area (Å²) in [5.41, 5.74) is 3.55. The number of carbonyl (C=O) groups excluding carboxylic acids is 1. The first-order valence-electron chi connectivity index (χ1n) is 8.55. The van der Waals surface area contributed by atoms with Gasteiger partial charge < -0.3 is 10.1 Å². The Labute approximate surface area is 131 Å². The molecule has 2 fully saturated rings. The van der Waals surface area contributed by atoms with E-state index in [9.17, 15) is 4.79 Å². The van der Waals surface area contributed by atoms with Gasteiger partial charge in [-0.1, -0.05) is 6.07 Å². The quantitative estimate of drug-likeness (QED) is 0.925. The molecular formula is C18H24N2O2. The van der Waals surface area contributed by atoms with E-state index in [0.29, 0.717) is 12.6 Å². The van der Waals surface area contributed by atoms with Crippen LogP contribution in [0.15, 0.2) is 18.2 Å². The normalized spacial score (nSPS) is 27.5. The molecular weight excluding hydrogens is 276 g/mol. The van der Waals surface area contributed by atoms with Gasteiger partial charge in [0.25, 0.3) is 5.91 Å². The Hall–Kier alpha value is -1.39. The van der Waals surface area contributed by atoms with Gasteiger partial charge in [-0.15, -0.1) is 0 Å². The Morgan fingerprint density at radius 2 is 2.18 bits per heavy atom. The predicted octanol–water partition coefficient (Wildman–Crippen LogP) is 1.77. The number of aryl methyl sites for hydroxylation is 2. The first-order valence-corrected chi connectivity index (χ1v) is 8.55. The van der Waals surface area contributed by atoms with Crippen molar-refractivity contribution in [3.8, 4) is 0 Å². The molecule has 1 N–H and O–H groups in total. The number of morpholine rings is 1. The van der Waals surface area contributed by atoms with Crippen LogP contribution in [0.25, 0.3) is 0 Å². The summed E-state index contributed by atoms with van der Waals surface area (Å²) in [4.78, 5) is 14.8. The Kier molecular flexibility index (Phi) is 3.89. The Balaban J connectivity index is 1.32. The van der Waals surface area contributed by atoms with Crippen molar-refractivity contribution in [3.05, 3.63) is 34.9 Å². The fourth-order valence-corrected chi connectivity index (χ4v) is 4.03. The predicted molar refractivity (Wildman–Crippen MR) is 85.1 cm³/mol. The topological polar surface area (TPSA) is 41.6 Å². The molecule has 1 aromatic rings. The highest BCUT2D eigenvalue weighted by molar-refractivity contribution is 5.94. The molecule has 4 heteroatoms. The van der Waals surface area contributed by atoms with Crippen LogP contribution in [0.5, 0.6) is 0 Å². The van der Waals surface area contributed by atoms with Gasteiger partial charge in [-0.05, 0) is 61.9 Å². The smallest absolute Gasteiger partial charge is 0.251 e. The fourth-order valence-electron chi connectivity index (χ4n) is 4.03. The van der Waals surface area contributed by atoms with E-state index in [1.807, 2.05) is 6.07 Å². The molecule has 2 heterocycles. The summed E-state index contributed by atoms with van der Waals surface area (Å²) in [5, 5.41) is 3.05. The molecule has 3 aliphatic rings. The van der Waals surface area contributed by atoms with Crippen molar-refractivity contribution in [2.75, 3.05) is 26.2 Å². The third kappa shape index (κ3) is 2.77. The maximum atomic E-state index is 12.3. The van der Waals surface area contributed by atoms with Gasteiger partial charge in [-0.3, -0.25) is 9.69 Å². The number of hydrogen-bond donors (Lipinski definition) is 1. The Bertz CT molecular complexity index is 572. The van der Waals surface area contributed by atoms with Crippen molar-refractivity contribution in [2.45, 2.75) is 44.2 Å². The monoisotopic (exact) mass is 300 g/mol. The van der Waals surface area contributed by atoms with Crippen LogP contribution in [0.4, 0.5) is 0 Å². The zero-order chi connectivity index (χ0) is 14.9. The van der Waals surface area contributed by atoms with Gasteiger partial charge >= 0.3 is 0 Å². The molecule has 0 radical (unpaired) electrons. The van der Waals surface area contributed by atoms with E-state index >= 15 is 0 Å². The lowest BCUT2D eigenvalue weighted by molar-refractivity contribution is -0.0461. The largest absolute Gasteiger partial charge is 0.373 e. The summed E-state index contributed by atoms with van der Waals surface area (Å²) in [6.07, 6.45) is 6.15. The van der Waals surface area contributed by atoms with Gasteiger partial charge in [0, 0.05) is 24.7 Å². The molecule has 2 atom stereocenters. The second kappa shape index (κ2) is 6.01. The molecule has 0 saturated carbocycles. The fraction of sp³-hybridized carbons (Fsp3) is 0.611. The van der Waals surface area contributed by atoms with Gasteiger partial charge in [0.15, 0.2) is 0 Å². The average molecular weight is 300 g/mol. The van der Waals surface area contributed by atoms with Crippen LogP contribution < -0.4 is 5.32 Å². The number of benzene rings is 1. The van der Waals surface area contributed by atoms with Crippen LogP contribution in [0.3, 0.4) is 0 Å². The van der Waals surface area contributed by atoms with E-state index in [0.717, 1.165) is 31.6 Å². The van der Waals surface area contributed by atoms with E-state index < -0.39 is 0 Å². The average Bonchev–Trinajstić information content (AvgIpc) is 3.19. The first-order chi connectivity index (χ1) is 10.8. The number of carbonyl (C=O) groups is 1. The molecule has 118 valence electrons. The van der Waals surface area contributed by atoms with Gasteiger partial charge in [-0.2, -0.15) is 0 Å².